The summed E-state index contributed by atoms with van der Waals surface area (Å²) >= 11 is 0. The van der Waals surface area contributed by atoms with Crippen LogP contribution < -0.4 is 0 Å². The van der Waals surface area contributed by atoms with Gasteiger partial charge in [0.25, 0.3) is 0 Å². The predicted octanol–water partition coefficient (Wildman–Crippen LogP) is 5.35. The highest BCUT2D eigenvalue weighted by molar-refractivity contribution is 5.93. The zero-order valence-electron chi connectivity index (χ0n) is 15.8. The summed E-state index contributed by atoms with van der Waals surface area (Å²) in [5, 5.41) is 0. The fourth-order valence-electron chi connectivity index (χ4n) is 5.13. The second-order valence-electron chi connectivity index (χ2n) is 8.62. The van der Waals surface area contributed by atoms with Gasteiger partial charge in [0.15, 0.2) is 0 Å². The van der Waals surface area contributed by atoms with Crippen molar-refractivity contribution < 1.29 is 4.74 Å². The Kier molecular flexibility index (Phi) is 5.10. The van der Waals surface area contributed by atoms with Crippen molar-refractivity contribution in [3.05, 3.63) is 29.6 Å². The maximum absolute atomic E-state index is 5.89. The van der Waals surface area contributed by atoms with Crippen LogP contribution in [0.4, 0.5) is 0 Å². The van der Waals surface area contributed by atoms with E-state index in [-0.39, 0.29) is 6.04 Å². The molecule has 1 aromatic heterocycles. The van der Waals surface area contributed by atoms with Crippen LogP contribution in [0.2, 0.25) is 0 Å². The van der Waals surface area contributed by atoms with Crippen molar-refractivity contribution >= 4 is 5.90 Å². The molecule has 3 aliphatic rings. The van der Waals surface area contributed by atoms with Gasteiger partial charge < -0.3 is 4.74 Å². The highest BCUT2D eigenvalue weighted by Crippen LogP contribution is 2.46. The summed E-state index contributed by atoms with van der Waals surface area (Å²) in [5.41, 5.74) is 2.25. The Balaban J connectivity index is 1.61. The first-order chi connectivity index (χ1) is 12.2. The maximum atomic E-state index is 5.89. The van der Waals surface area contributed by atoms with E-state index in [4.69, 9.17) is 14.7 Å². The van der Waals surface area contributed by atoms with Gasteiger partial charge in [-0.25, -0.2) is 9.98 Å². The molecule has 0 unspecified atom stereocenters. The van der Waals surface area contributed by atoms with Crippen molar-refractivity contribution in [3.63, 3.8) is 0 Å². The third kappa shape index (κ3) is 3.61. The lowest BCUT2D eigenvalue weighted by Crippen LogP contribution is -2.20. The number of ether oxygens (including phenoxy) is 1. The first-order valence-corrected chi connectivity index (χ1v) is 10.4. The molecule has 136 valence electrons. The van der Waals surface area contributed by atoms with E-state index in [1.165, 1.54) is 57.1 Å². The summed E-state index contributed by atoms with van der Waals surface area (Å²) in [6, 6.07) is 6.79. The number of nitrogens with zero attached hydrogens (tertiary/aromatic N) is 2. The Labute approximate surface area is 152 Å². The summed E-state index contributed by atoms with van der Waals surface area (Å²) < 4.78 is 5.89. The maximum Gasteiger partial charge on any atom is 0.235 e. The SMILES string of the molecule is CC(C)[C@H]1COC(c2cccc(C(C3CCCC3)C3CCCC3)n2)=N1. The molecular weight excluding hydrogens is 308 g/mol. The minimum absolute atomic E-state index is 0.279. The van der Waals surface area contributed by atoms with Crippen molar-refractivity contribution in [2.75, 3.05) is 6.61 Å². The molecule has 0 spiro atoms. The Morgan fingerprint density at radius 1 is 0.960 bits per heavy atom. The normalized spacial score (nSPS) is 25.1. The van der Waals surface area contributed by atoms with Gasteiger partial charge in [-0.1, -0.05) is 45.6 Å². The molecule has 2 heterocycles. The molecule has 1 aliphatic heterocycles. The lowest BCUT2D eigenvalue weighted by atomic mass is 9.77. The smallest absolute Gasteiger partial charge is 0.235 e. The number of hydrogen-bond acceptors (Lipinski definition) is 3. The molecule has 1 atom stereocenters. The molecule has 4 rings (SSSR count). The van der Waals surface area contributed by atoms with Gasteiger partial charge in [-0.2, -0.15) is 0 Å². The Bertz CT molecular complexity index is 596. The topological polar surface area (TPSA) is 34.5 Å². The van der Waals surface area contributed by atoms with Crippen LogP contribution in [0.3, 0.4) is 0 Å². The Hall–Kier alpha value is -1.38. The average molecular weight is 341 g/mol. The minimum atomic E-state index is 0.279. The van der Waals surface area contributed by atoms with Crippen LogP contribution in [0.5, 0.6) is 0 Å². The van der Waals surface area contributed by atoms with E-state index in [1.54, 1.807) is 0 Å². The zero-order valence-corrected chi connectivity index (χ0v) is 15.8. The lowest BCUT2D eigenvalue weighted by molar-refractivity contribution is 0.290. The van der Waals surface area contributed by atoms with Crippen LogP contribution in [-0.4, -0.2) is 23.5 Å². The van der Waals surface area contributed by atoms with E-state index in [9.17, 15) is 0 Å². The number of aromatic nitrogens is 1. The van der Waals surface area contributed by atoms with Gasteiger partial charge in [0.1, 0.15) is 12.3 Å². The van der Waals surface area contributed by atoms with Crippen molar-refractivity contribution in [1.29, 1.82) is 0 Å². The van der Waals surface area contributed by atoms with Gasteiger partial charge in [-0.05, 0) is 55.6 Å². The molecular formula is C22H32N2O. The number of pyridine rings is 1. The van der Waals surface area contributed by atoms with Crippen molar-refractivity contribution in [2.45, 2.75) is 77.2 Å². The molecule has 2 fully saturated rings. The Morgan fingerprint density at radius 3 is 2.16 bits per heavy atom. The van der Waals surface area contributed by atoms with E-state index in [2.05, 4.69) is 32.0 Å². The van der Waals surface area contributed by atoms with E-state index < -0.39 is 0 Å². The quantitative estimate of drug-likeness (QED) is 0.724. The van der Waals surface area contributed by atoms with Crippen LogP contribution >= 0.6 is 0 Å². The van der Waals surface area contributed by atoms with E-state index in [0.29, 0.717) is 18.4 Å². The summed E-state index contributed by atoms with van der Waals surface area (Å²) in [7, 11) is 0. The van der Waals surface area contributed by atoms with Gasteiger partial charge >= 0.3 is 0 Å². The summed E-state index contributed by atoms with van der Waals surface area (Å²) in [4.78, 5) is 9.87. The van der Waals surface area contributed by atoms with Gasteiger partial charge in [0.05, 0.1) is 6.04 Å². The number of rotatable bonds is 5. The molecule has 0 aromatic carbocycles. The van der Waals surface area contributed by atoms with Crippen LogP contribution in [0.25, 0.3) is 0 Å². The second-order valence-corrected chi connectivity index (χ2v) is 8.62. The summed E-state index contributed by atoms with van der Waals surface area (Å²) in [6.07, 6.45) is 11.2. The molecule has 0 N–H and O–H groups in total. The summed E-state index contributed by atoms with van der Waals surface area (Å²) in [5.74, 6) is 3.59. The molecule has 2 aliphatic carbocycles. The second kappa shape index (κ2) is 7.47. The molecule has 3 nitrogen and oxygen atoms in total. The fraction of sp³-hybridized carbons (Fsp3) is 0.727. The minimum Gasteiger partial charge on any atom is -0.474 e. The van der Waals surface area contributed by atoms with Crippen molar-refractivity contribution in [2.24, 2.45) is 22.7 Å². The van der Waals surface area contributed by atoms with Crippen molar-refractivity contribution in [1.82, 2.24) is 4.98 Å². The van der Waals surface area contributed by atoms with E-state index in [0.717, 1.165) is 23.4 Å². The van der Waals surface area contributed by atoms with Crippen LogP contribution in [0, 0.1) is 17.8 Å². The molecule has 3 heteroatoms. The first-order valence-electron chi connectivity index (χ1n) is 10.4. The van der Waals surface area contributed by atoms with Crippen molar-refractivity contribution in [3.8, 4) is 0 Å². The molecule has 0 radical (unpaired) electrons. The number of aliphatic imine (C=N–C) groups is 1. The molecule has 0 saturated heterocycles. The third-order valence-electron chi connectivity index (χ3n) is 6.59. The average Bonchev–Trinajstić information content (AvgIpc) is 3.38. The predicted molar refractivity (Wildman–Crippen MR) is 102 cm³/mol. The molecule has 25 heavy (non-hydrogen) atoms. The largest absolute Gasteiger partial charge is 0.474 e. The van der Waals surface area contributed by atoms with Gasteiger partial charge in [-0.15, -0.1) is 0 Å². The monoisotopic (exact) mass is 340 g/mol. The molecule has 1 aromatic rings. The number of hydrogen-bond donors (Lipinski definition) is 0. The van der Waals surface area contributed by atoms with E-state index in [1.807, 2.05) is 0 Å². The highest BCUT2D eigenvalue weighted by atomic mass is 16.5. The highest BCUT2D eigenvalue weighted by Gasteiger charge is 2.35. The molecule has 2 saturated carbocycles. The summed E-state index contributed by atoms with van der Waals surface area (Å²) in [6.45, 7) is 5.12. The standard InChI is InChI=1S/C22H32N2O/c1-15(2)20-14-25-22(24-20)19-13-7-12-18(23-19)21(16-8-3-4-9-16)17-10-5-6-11-17/h7,12-13,15-17,20-21H,3-6,8-11,14H2,1-2H3/t20-/m1/s1. The Morgan fingerprint density at radius 2 is 1.60 bits per heavy atom. The van der Waals surface area contributed by atoms with Crippen LogP contribution in [0.15, 0.2) is 23.2 Å². The van der Waals surface area contributed by atoms with Gasteiger partial charge in [0.2, 0.25) is 5.90 Å². The zero-order chi connectivity index (χ0) is 17.2. The third-order valence-corrected chi connectivity index (χ3v) is 6.59. The molecule has 0 bridgehead atoms. The van der Waals surface area contributed by atoms with Crippen LogP contribution in [0.1, 0.15) is 82.5 Å². The molecule has 0 amide bonds. The van der Waals surface area contributed by atoms with Gasteiger partial charge in [0, 0.05) is 11.6 Å². The first kappa shape index (κ1) is 17.1. The van der Waals surface area contributed by atoms with E-state index >= 15 is 0 Å². The fourth-order valence-corrected chi connectivity index (χ4v) is 5.13. The van der Waals surface area contributed by atoms with Crippen LogP contribution in [-0.2, 0) is 4.74 Å². The lowest BCUT2D eigenvalue weighted by Gasteiger charge is -2.29. The van der Waals surface area contributed by atoms with Gasteiger partial charge in [-0.3, -0.25) is 0 Å².